The van der Waals surface area contributed by atoms with Crippen LogP contribution in [0.1, 0.15) is 11.1 Å². The second-order valence-corrected chi connectivity index (χ2v) is 5.90. The molecule has 0 amide bonds. The van der Waals surface area contributed by atoms with Crippen LogP contribution < -0.4 is 5.73 Å². The molecule has 3 rings (SSSR count). The lowest BCUT2D eigenvalue weighted by molar-refractivity contribution is 0.639. The number of aromatic nitrogens is 1. The monoisotopic (exact) mass is 298 g/mol. The van der Waals surface area contributed by atoms with Crippen LogP contribution in [-0.4, -0.2) is 4.98 Å². The number of nitrogens with two attached hydrogens (primary N) is 1. The van der Waals surface area contributed by atoms with Crippen molar-refractivity contribution in [2.45, 2.75) is 17.6 Å². The van der Waals surface area contributed by atoms with Crippen molar-refractivity contribution in [3.05, 3.63) is 65.6 Å². The first-order valence-corrected chi connectivity index (χ1v) is 7.65. The Kier molecular flexibility index (Phi) is 3.80. The number of nitrogens with zero attached hydrogens (tertiary/aromatic N) is 1. The number of aryl methyl sites for hydroxylation is 1. The van der Waals surface area contributed by atoms with Gasteiger partial charge in [-0.2, -0.15) is 0 Å². The average Bonchev–Trinajstić information content (AvgIpc) is 2.51. The van der Waals surface area contributed by atoms with Crippen LogP contribution in [0.4, 0.5) is 10.1 Å². The van der Waals surface area contributed by atoms with Crippen LogP contribution in [0.15, 0.2) is 53.6 Å². The van der Waals surface area contributed by atoms with E-state index in [0.29, 0.717) is 11.1 Å². The normalized spacial score (nSPS) is 11.0. The van der Waals surface area contributed by atoms with Crippen LogP contribution in [0, 0.1) is 12.7 Å². The third kappa shape index (κ3) is 2.72. The Labute approximate surface area is 127 Å². The number of hydrogen-bond acceptors (Lipinski definition) is 3. The minimum atomic E-state index is -0.234. The smallest absolute Gasteiger partial charge is 0.132 e. The number of benzene rings is 2. The fourth-order valence-electron chi connectivity index (χ4n) is 2.25. The van der Waals surface area contributed by atoms with E-state index in [-0.39, 0.29) is 5.82 Å². The summed E-state index contributed by atoms with van der Waals surface area (Å²) in [4.78, 5) is 5.35. The Hall–Kier alpha value is -2.07. The molecule has 0 unspecified atom stereocenters. The zero-order valence-electron chi connectivity index (χ0n) is 11.6. The maximum atomic E-state index is 13.8. The second-order valence-electron chi connectivity index (χ2n) is 4.88. The fraction of sp³-hybridized carbons (Fsp3) is 0.118. The molecule has 0 atom stereocenters. The molecule has 0 spiro atoms. The molecule has 2 N–H and O–H groups in total. The summed E-state index contributed by atoms with van der Waals surface area (Å²) in [5.41, 5.74) is 9.70. The first kappa shape index (κ1) is 13.9. The van der Waals surface area contributed by atoms with E-state index in [0.717, 1.165) is 27.2 Å². The summed E-state index contributed by atoms with van der Waals surface area (Å²) in [6.07, 6.45) is 1.69. The molecule has 0 saturated heterocycles. The standard InChI is InChI=1S/C17H15FN2S/c1-11-4-2-6-15(16(11)19)21-10-12-7-8-14(18)13-5-3-9-20-17(12)13/h2-9H,10,19H2,1H3. The van der Waals surface area contributed by atoms with Crippen molar-refractivity contribution in [1.82, 2.24) is 4.98 Å². The summed E-state index contributed by atoms with van der Waals surface area (Å²) in [5.74, 6) is 0.475. The number of thioether (sulfide) groups is 1. The Morgan fingerprint density at radius 2 is 2.00 bits per heavy atom. The summed E-state index contributed by atoms with van der Waals surface area (Å²) in [6, 6.07) is 12.8. The van der Waals surface area contributed by atoms with Crippen LogP contribution in [0.25, 0.3) is 10.9 Å². The van der Waals surface area contributed by atoms with Gasteiger partial charge in [-0.1, -0.05) is 18.2 Å². The minimum absolute atomic E-state index is 0.234. The number of nitrogen functional groups attached to an aromatic ring is 1. The number of fused-ring (bicyclic) bond motifs is 1. The Bertz CT molecular complexity index is 802. The van der Waals surface area contributed by atoms with Gasteiger partial charge < -0.3 is 5.73 Å². The Balaban J connectivity index is 1.92. The van der Waals surface area contributed by atoms with Crippen LogP contribution in [0.2, 0.25) is 0 Å². The van der Waals surface area contributed by atoms with Crippen molar-refractivity contribution >= 4 is 28.4 Å². The zero-order valence-corrected chi connectivity index (χ0v) is 12.5. The maximum absolute atomic E-state index is 13.8. The SMILES string of the molecule is Cc1cccc(SCc2ccc(F)c3cccnc23)c1N. The molecule has 106 valence electrons. The fourth-order valence-corrected chi connectivity index (χ4v) is 3.28. The van der Waals surface area contributed by atoms with E-state index < -0.39 is 0 Å². The third-order valence-electron chi connectivity index (χ3n) is 3.47. The highest BCUT2D eigenvalue weighted by Gasteiger charge is 2.08. The second kappa shape index (κ2) is 5.74. The first-order chi connectivity index (χ1) is 10.2. The van der Waals surface area contributed by atoms with Crippen molar-refractivity contribution < 1.29 is 4.39 Å². The number of para-hydroxylation sites is 1. The molecular weight excluding hydrogens is 283 g/mol. The van der Waals surface area contributed by atoms with Crippen LogP contribution in [0.3, 0.4) is 0 Å². The van der Waals surface area contributed by atoms with Gasteiger partial charge in [-0.05, 0) is 42.3 Å². The molecule has 4 heteroatoms. The molecular formula is C17H15FN2S. The number of rotatable bonds is 3. The average molecular weight is 298 g/mol. The molecule has 2 nitrogen and oxygen atoms in total. The van der Waals surface area contributed by atoms with Crippen molar-refractivity contribution in [1.29, 1.82) is 0 Å². The quantitative estimate of drug-likeness (QED) is 0.569. The van der Waals surface area contributed by atoms with Crippen molar-refractivity contribution in [2.75, 3.05) is 5.73 Å². The van der Waals surface area contributed by atoms with E-state index in [1.807, 2.05) is 25.1 Å². The number of hydrogen-bond donors (Lipinski definition) is 1. The molecule has 0 radical (unpaired) electrons. The summed E-state index contributed by atoms with van der Waals surface area (Å²) < 4.78 is 13.8. The highest BCUT2D eigenvalue weighted by Crippen LogP contribution is 2.32. The molecule has 0 fully saturated rings. The molecule has 1 heterocycles. The van der Waals surface area contributed by atoms with Crippen molar-refractivity contribution in [3.63, 3.8) is 0 Å². The van der Waals surface area contributed by atoms with Gasteiger partial charge in [-0.3, -0.25) is 4.98 Å². The molecule has 1 aromatic heterocycles. The van der Waals surface area contributed by atoms with Gasteiger partial charge in [0.2, 0.25) is 0 Å². The van der Waals surface area contributed by atoms with Gasteiger partial charge in [0.1, 0.15) is 5.82 Å². The summed E-state index contributed by atoms with van der Waals surface area (Å²) in [5, 5.41) is 0.563. The number of halogens is 1. The predicted molar refractivity (Wildman–Crippen MR) is 86.9 cm³/mol. The van der Waals surface area contributed by atoms with Crippen molar-refractivity contribution in [2.24, 2.45) is 0 Å². The molecule has 0 saturated carbocycles. The Morgan fingerprint density at radius 3 is 2.86 bits per heavy atom. The first-order valence-electron chi connectivity index (χ1n) is 6.67. The van der Waals surface area contributed by atoms with E-state index in [9.17, 15) is 4.39 Å². The highest BCUT2D eigenvalue weighted by molar-refractivity contribution is 7.98. The molecule has 0 aliphatic carbocycles. The lowest BCUT2D eigenvalue weighted by Gasteiger charge is -2.09. The van der Waals surface area contributed by atoms with E-state index in [4.69, 9.17) is 5.73 Å². The van der Waals surface area contributed by atoms with Gasteiger partial charge in [-0.25, -0.2) is 4.39 Å². The molecule has 0 aliphatic rings. The molecule has 2 aromatic carbocycles. The topological polar surface area (TPSA) is 38.9 Å². The van der Waals surface area contributed by atoms with Crippen LogP contribution >= 0.6 is 11.8 Å². The van der Waals surface area contributed by atoms with Gasteiger partial charge in [-0.15, -0.1) is 11.8 Å². The predicted octanol–water partition coefficient (Wildman–Crippen LogP) is 4.56. The van der Waals surface area contributed by atoms with Gasteiger partial charge in [0, 0.05) is 27.9 Å². The van der Waals surface area contributed by atoms with Gasteiger partial charge in [0.25, 0.3) is 0 Å². The van der Waals surface area contributed by atoms with Gasteiger partial charge in [0.15, 0.2) is 0 Å². The summed E-state index contributed by atoms with van der Waals surface area (Å²) >= 11 is 1.65. The lowest BCUT2D eigenvalue weighted by atomic mass is 10.1. The van der Waals surface area contributed by atoms with E-state index in [1.54, 1.807) is 36.2 Å². The van der Waals surface area contributed by atoms with Crippen LogP contribution in [0.5, 0.6) is 0 Å². The lowest BCUT2D eigenvalue weighted by Crippen LogP contribution is -1.94. The van der Waals surface area contributed by atoms with Crippen molar-refractivity contribution in [3.8, 4) is 0 Å². The van der Waals surface area contributed by atoms with Crippen LogP contribution in [-0.2, 0) is 5.75 Å². The van der Waals surface area contributed by atoms with Gasteiger partial charge >= 0.3 is 0 Å². The van der Waals surface area contributed by atoms with E-state index in [2.05, 4.69) is 4.98 Å². The maximum Gasteiger partial charge on any atom is 0.132 e. The summed E-state index contributed by atoms with van der Waals surface area (Å²) in [6.45, 7) is 1.99. The minimum Gasteiger partial charge on any atom is -0.398 e. The zero-order chi connectivity index (χ0) is 14.8. The third-order valence-corrected chi connectivity index (χ3v) is 4.59. The van der Waals surface area contributed by atoms with E-state index >= 15 is 0 Å². The number of pyridine rings is 1. The molecule has 3 aromatic rings. The largest absolute Gasteiger partial charge is 0.398 e. The molecule has 21 heavy (non-hydrogen) atoms. The Morgan fingerprint density at radius 1 is 1.14 bits per heavy atom. The molecule has 0 aliphatic heterocycles. The molecule has 0 bridgehead atoms. The van der Waals surface area contributed by atoms with Gasteiger partial charge in [0.05, 0.1) is 5.52 Å². The number of anilines is 1. The summed E-state index contributed by atoms with van der Waals surface area (Å²) in [7, 11) is 0. The highest BCUT2D eigenvalue weighted by atomic mass is 32.2. The van der Waals surface area contributed by atoms with E-state index in [1.165, 1.54) is 6.07 Å².